The van der Waals surface area contributed by atoms with Crippen LogP contribution in [0.5, 0.6) is 0 Å². The minimum atomic E-state index is -0.0215. The van der Waals surface area contributed by atoms with E-state index in [1.165, 1.54) is 5.56 Å². The van der Waals surface area contributed by atoms with Crippen LogP contribution in [0.1, 0.15) is 15.9 Å². The van der Waals surface area contributed by atoms with E-state index in [1.54, 1.807) is 22.5 Å². The molecular weight excluding hydrogens is 372 g/mol. The van der Waals surface area contributed by atoms with Gasteiger partial charge in [-0.25, -0.2) is 4.52 Å². The standard InChI is InChI=1S/C21H22N4O2S/c26-20(16-28-15-17-6-2-1-3-7-17)23-10-12-24(13-11-23)21(27)18-14-22-25-9-5-4-8-19(18)25/h1-9,14H,10-13,15-16H2. The Labute approximate surface area is 168 Å². The van der Waals surface area contributed by atoms with Crippen molar-refractivity contribution < 1.29 is 9.59 Å². The number of carbonyl (C=O) groups excluding carboxylic acids is 2. The Kier molecular flexibility index (Phi) is 5.62. The maximum absolute atomic E-state index is 12.8. The zero-order valence-electron chi connectivity index (χ0n) is 15.5. The van der Waals surface area contributed by atoms with Crippen LogP contribution >= 0.6 is 11.8 Å². The van der Waals surface area contributed by atoms with Gasteiger partial charge in [-0.2, -0.15) is 5.10 Å². The van der Waals surface area contributed by atoms with E-state index in [1.807, 2.05) is 52.4 Å². The summed E-state index contributed by atoms with van der Waals surface area (Å²) in [6.45, 7) is 2.27. The number of amides is 2. The monoisotopic (exact) mass is 394 g/mol. The molecule has 1 fully saturated rings. The van der Waals surface area contributed by atoms with E-state index >= 15 is 0 Å². The fourth-order valence-corrected chi connectivity index (χ4v) is 4.24. The van der Waals surface area contributed by atoms with E-state index in [9.17, 15) is 9.59 Å². The summed E-state index contributed by atoms with van der Waals surface area (Å²) in [5, 5.41) is 4.24. The minimum Gasteiger partial charge on any atom is -0.338 e. The van der Waals surface area contributed by atoms with E-state index in [0.717, 1.165) is 11.3 Å². The molecule has 7 heteroatoms. The number of piperazine rings is 1. The van der Waals surface area contributed by atoms with Gasteiger partial charge < -0.3 is 9.80 Å². The maximum Gasteiger partial charge on any atom is 0.257 e. The smallest absolute Gasteiger partial charge is 0.257 e. The first-order chi connectivity index (χ1) is 13.7. The molecule has 1 aromatic carbocycles. The Hall–Kier alpha value is -2.80. The van der Waals surface area contributed by atoms with Gasteiger partial charge in [0.1, 0.15) is 0 Å². The summed E-state index contributed by atoms with van der Waals surface area (Å²) in [4.78, 5) is 29.0. The third-order valence-corrected chi connectivity index (χ3v) is 5.90. The first-order valence-electron chi connectivity index (χ1n) is 9.33. The summed E-state index contributed by atoms with van der Waals surface area (Å²) in [7, 11) is 0. The Morgan fingerprint density at radius 2 is 1.64 bits per heavy atom. The van der Waals surface area contributed by atoms with Crippen molar-refractivity contribution in [2.75, 3.05) is 31.9 Å². The molecule has 0 saturated carbocycles. The topological polar surface area (TPSA) is 57.9 Å². The number of aromatic nitrogens is 2. The highest BCUT2D eigenvalue weighted by atomic mass is 32.2. The van der Waals surface area contributed by atoms with Gasteiger partial charge in [-0.1, -0.05) is 36.4 Å². The van der Waals surface area contributed by atoms with Crippen LogP contribution < -0.4 is 0 Å². The Bertz CT molecular complexity index is 965. The van der Waals surface area contributed by atoms with Crippen LogP contribution in [-0.2, 0) is 10.5 Å². The van der Waals surface area contributed by atoms with Gasteiger partial charge in [0.15, 0.2) is 0 Å². The molecule has 0 spiro atoms. The maximum atomic E-state index is 12.8. The molecule has 0 unspecified atom stereocenters. The van der Waals surface area contributed by atoms with E-state index in [0.29, 0.717) is 37.5 Å². The molecule has 6 nitrogen and oxygen atoms in total. The Balaban J connectivity index is 1.28. The first kappa shape index (κ1) is 18.6. The molecule has 144 valence electrons. The van der Waals surface area contributed by atoms with Crippen LogP contribution in [0.4, 0.5) is 0 Å². The van der Waals surface area contributed by atoms with Gasteiger partial charge in [0.2, 0.25) is 5.91 Å². The number of nitrogens with zero attached hydrogens (tertiary/aromatic N) is 4. The third-order valence-electron chi connectivity index (χ3n) is 4.91. The van der Waals surface area contributed by atoms with Crippen molar-refractivity contribution in [3.8, 4) is 0 Å². The fourth-order valence-electron chi connectivity index (χ4n) is 3.35. The number of hydrogen-bond acceptors (Lipinski definition) is 4. The zero-order chi connectivity index (χ0) is 19.3. The number of benzene rings is 1. The van der Waals surface area contributed by atoms with Crippen molar-refractivity contribution >= 4 is 29.1 Å². The molecule has 0 atom stereocenters. The van der Waals surface area contributed by atoms with Gasteiger partial charge in [-0.05, 0) is 17.7 Å². The second-order valence-electron chi connectivity index (χ2n) is 6.74. The molecule has 0 N–H and O–H groups in total. The fraction of sp³-hybridized carbons (Fsp3) is 0.286. The van der Waals surface area contributed by atoms with Crippen molar-refractivity contribution in [3.05, 3.63) is 72.1 Å². The van der Waals surface area contributed by atoms with Gasteiger partial charge >= 0.3 is 0 Å². The molecule has 3 heterocycles. The number of thioether (sulfide) groups is 1. The zero-order valence-corrected chi connectivity index (χ0v) is 16.3. The normalized spacial score (nSPS) is 14.4. The van der Waals surface area contributed by atoms with Crippen molar-refractivity contribution in [2.45, 2.75) is 5.75 Å². The molecule has 3 aromatic rings. The molecule has 4 rings (SSSR count). The molecule has 0 bridgehead atoms. The second kappa shape index (κ2) is 8.48. The van der Waals surface area contributed by atoms with E-state index in [-0.39, 0.29) is 11.8 Å². The highest BCUT2D eigenvalue weighted by Crippen LogP contribution is 2.16. The number of carbonyl (C=O) groups is 2. The molecule has 0 radical (unpaired) electrons. The van der Waals surface area contributed by atoms with Crippen molar-refractivity contribution in [1.82, 2.24) is 19.4 Å². The lowest BCUT2D eigenvalue weighted by atomic mass is 10.2. The van der Waals surface area contributed by atoms with Crippen LogP contribution in [0.25, 0.3) is 5.52 Å². The average molecular weight is 395 g/mol. The highest BCUT2D eigenvalue weighted by Gasteiger charge is 2.26. The lowest BCUT2D eigenvalue weighted by Gasteiger charge is -2.34. The molecular formula is C21H22N4O2S. The Morgan fingerprint density at radius 1 is 0.929 bits per heavy atom. The van der Waals surface area contributed by atoms with Crippen LogP contribution in [0.15, 0.2) is 60.9 Å². The van der Waals surface area contributed by atoms with Crippen molar-refractivity contribution in [2.24, 2.45) is 0 Å². The van der Waals surface area contributed by atoms with Crippen LogP contribution in [0, 0.1) is 0 Å². The largest absolute Gasteiger partial charge is 0.338 e. The van der Waals surface area contributed by atoms with Crippen LogP contribution in [0.3, 0.4) is 0 Å². The van der Waals surface area contributed by atoms with Gasteiger partial charge in [-0.3, -0.25) is 9.59 Å². The number of hydrogen-bond donors (Lipinski definition) is 0. The molecule has 1 aliphatic rings. The third kappa shape index (κ3) is 4.04. The minimum absolute atomic E-state index is 0.0215. The summed E-state index contributed by atoms with van der Waals surface area (Å²) in [6.07, 6.45) is 3.45. The molecule has 2 aromatic heterocycles. The van der Waals surface area contributed by atoms with E-state index in [2.05, 4.69) is 17.2 Å². The van der Waals surface area contributed by atoms with E-state index in [4.69, 9.17) is 0 Å². The van der Waals surface area contributed by atoms with Gasteiger partial charge in [0, 0.05) is 38.1 Å². The molecule has 28 heavy (non-hydrogen) atoms. The van der Waals surface area contributed by atoms with Crippen molar-refractivity contribution in [3.63, 3.8) is 0 Å². The second-order valence-corrected chi connectivity index (χ2v) is 7.73. The average Bonchev–Trinajstić information content (AvgIpc) is 3.18. The highest BCUT2D eigenvalue weighted by molar-refractivity contribution is 7.99. The van der Waals surface area contributed by atoms with Gasteiger partial charge in [0.25, 0.3) is 5.91 Å². The molecule has 0 aliphatic carbocycles. The quantitative estimate of drug-likeness (QED) is 0.667. The summed E-state index contributed by atoms with van der Waals surface area (Å²) >= 11 is 1.63. The first-order valence-corrected chi connectivity index (χ1v) is 10.5. The Morgan fingerprint density at radius 3 is 2.43 bits per heavy atom. The summed E-state index contributed by atoms with van der Waals surface area (Å²) in [5.74, 6) is 1.42. The lowest BCUT2D eigenvalue weighted by Crippen LogP contribution is -2.51. The predicted octanol–water partition coefficient (Wildman–Crippen LogP) is 2.55. The van der Waals surface area contributed by atoms with Crippen molar-refractivity contribution in [1.29, 1.82) is 0 Å². The molecule has 1 aliphatic heterocycles. The van der Waals surface area contributed by atoms with E-state index < -0.39 is 0 Å². The molecule has 1 saturated heterocycles. The summed E-state index contributed by atoms with van der Waals surface area (Å²) < 4.78 is 1.71. The molecule has 2 amide bonds. The van der Waals surface area contributed by atoms with Crippen LogP contribution in [0.2, 0.25) is 0 Å². The number of rotatable bonds is 5. The lowest BCUT2D eigenvalue weighted by molar-refractivity contribution is -0.129. The van der Waals surface area contributed by atoms with Gasteiger partial charge in [-0.15, -0.1) is 11.8 Å². The SMILES string of the molecule is O=C(CSCc1ccccc1)N1CCN(C(=O)c2cnn3ccccc23)CC1. The summed E-state index contributed by atoms with van der Waals surface area (Å²) in [5.41, 5.74) is 2.64. The summed E-state index contributed by atoms with van der Waals surface area (Å²) in [6, 6.07) is 15.8. The van der Waals surface area contributed by atoms with Gasteiger partial charge in [0.05, 0.1) is 23.0 Å². The van der Waals surface area contributed by atoms with Crippen LogP contribution in [-0.4, -0.2) is 63.2 Å². The number of fused-ring (bicyclic) bond motifs is 1. The predicted molar refractivity (Wildman–Crippen MR) is 110 cm³/mol. The number of pyridine rings is 1.